The third-order valence-corrected chi connectivity index (χ3v) is 4.33. The van der Waals surface area contributed by atoms with Crippen molar-refractivity contribution in [1.29, 1.82) is 0 Å². The molecular weight excluding hydrogens is 371 g/mol. The summed E-state index contributed by atoms with van der Waals surface area (Å²) in [6.07, 6.45) is 1.43. The molecule has 3 aromatic rings. The molecule has 1 heterocycles. The smallest absolute Gasteiger partial charge is 0.327 e. The summed E-state index contributed by atoms with van der Waals surface area (Å²) in [6, 6.07) is 11.6. The van der Waals surface area contributed by atoms with Gasteiger partial charge in [0, 0.05) is 24.4 Å². The lowest BCUT2D eigenvalue weighted by atomic mass is 10.2. The fraction of sp³-hybridized carbons (Fsp3) is 0.0556. The van der Waals surface area contributed by atoms with E-state index in [4.69, 9.17) is 10.5 Å². The van der Waals surface area contributed by atoms with Crippen molar-refractivity contribution < 1.29 is 18.7 Å². The molecular formula is C18H15FN4O3S. The maximum absolute atomic E-state index is 13.2. The Morgan fingerprint density at radius 3 is 2.74 bits per heavy atom. The average Bonchev–Trinajstić information content (AvgIpc) is 3.08. The number of rotatable bonds is 5. The standard InChI is InChI=1S/C18H15FN4O3S/c1-23(13-6-2-4-11(8-13)16(20)24)18(25)22-17-21-10-15(27-17)26-14-7-3-5-12(19)9-14/h2-10H,1H3,(H2,20,24)(H,21,22,25). The van der Waals surface area contributed by atoms with Crippen molar-refractivity contribution >= 4 is 34.1 Å². The number of nitrogens with one attached hydrogen (secondary N) is 1. The van der Waals surface area contributed by atoms with Gasteiger partial charge in [-0.2, -0.15) is 0 Å². The van der Waals surface area contributed by atoms with Crippen LogP contribution in [-0.2, 0) is 0 Å². The number of nitrogens with zero attached hydrogens (tertiary/aromatic N) is 2. The van der Waals surface area contributed by atoms with Gasteiger partial charge in [0.1, 0.15) is 11.6 Å². The second-order valence-corrected chi connectivity index (χ2v) is 6.44. The molecule has 0 bridgehead atoms. The molecule has 0 atom stereocenters. The molecule has 0 radical (unpaired) electrons. The van der Waals surface area contributed by atoms with E-state index in [0.717, 1.165) is 11.3 Å². The fourth-order valence-corrected chi connectivity index (χ4v) is 2.85. The van der Waals surface area contributed by atoms with Gasteiger partial charge in [-0.05, 0) is 30.3 Å². The van der Waals surface area contributed by atoms with Crippen molar-refractivity contribution in [2.75, 3.05) is 17.3 Å². The largest absolute Gasteiger partial charge is 0.445 e. The van der Waals surface area contributed by atoms with Crippen LogP contribution in [0.4, 0.5) is 20.0 Å². The van der Waals surface area contributed by atoms with Crippen molar-refractivity contribution in [2.45, 2.75) is 0 Å². The van der Waals surface area contributed by atoms with E-state index in [9.17, 15) is 14.0 Å². The van der Waals surface area contributed by atoms with Crippen molar-refractivity contribution in [3.63, 3.8) is 0 Å². The number of carbonyl (C=O) groups is 2. The van der Waals surface area contributed by atoms with Gasteiger partial charge < -0.3 is 10.5 Å². The van der Waals surface area contributed by atoms with E-state index in [1.165, 1.54) is 35.4 Å². The van der Waals surface area contributed by atoms with Crippen LogP contribution < -0.4 is 20.7 Å². The van der Waals surface area contributed by atoms with E-state index >= 15 is 0 Å². The summed E-state index contributed by atoms with van der Waals surface area (Å²) in [6.45, 7) is 0. The zero-order chi connectivity index (χ0) is 19.4. The summed E-state index contributed by atoms with van der Waals surface area (Å²) < 4.78 is 18.7. The normalized spacial score (nSPS) is 10.3. The van der Waals surface area contributed by atoms with E-state index in [1.54, 1.807) is 31.3 Å². The van der Waals surface area contributed by atoms with Gasteiger partial charge >= 0.3 is 6.03 Å². The quantitative estimate of drug-likeness (QED) is 0.696. The molecule has 0 saturated carbocycles. The number of carbonyl (C=O) groups excluding carboxylic acids is 2. The Kier molecular flexibility index (Phi) is 5.32. The van der Waals surface area contributed by atoms with Crippen molar-refractivity contribution in [3.8, 4) is 10.8 Å². The second kappa shape index (κ2) is 7.83. The topological polar surface area (TPSA) is 97.6 Å². The third-order valence-electron chi connectivity index (χ3n) is 3.54. The summed E-state index contributed by atoms with van der Waals surface area (Å²) in [7, 11) is 1.55. The maximum Gasteiger partial charge on any atom is 0.327 e. The molecule has 0 unspecified atom stereocenters. The SMILES string of the molecule is CN(C(=O)Nc1ncc(Oc2cccc(F)c2)s1)c1cccc(C(N)=O)c1. The number of ether oxygens (including phenoxy) is 1. The molecule has 2 aromatic carbocycles. The van der Waals surface area contributed by atoms with Crippen molar-refractivity contribution in [2.24, 2.45) is 5.73 Å². The monoisotopic (exact) mass is 386 g/mol. The third kappa shape index (κ3) is 4.59. The average molecular weight is 386 g/mol. The summed E-state index contributed by atoms with van der Waals surface area (Å²) >= 11 is 1.09. The number of primary amides is 1. The molecule has 3 amide bonds. The number of benzene rings is 2. The first-order chi connectivity index (χ1) is 12.9. The van der Waals surface area contributed by atoms with Gasteiger partial charge in [-0.15, -0.1) is 0 Å². The van der Waals surface area contributed by atoms with Crippen LogP contribution in [0.25, 0.3) is 0 Å². The lowest BCUT2D eigenvalue weighted by molar-refractivity contribution is 0.1000. The number of nitrogens with two attached hydrogens (primary N) is 1. The number of anilines is 2. The van der Waals surface area contributed by atoms with Gasteiger partial charge in [0.2, 0.25) is 11.0 Å². The van der Waals surface area contributed by atoms with E-state index in [2.05, 4.69) is 10.3 Å². The van der Waals surface area contributed by atoms with Crippen LogP contribution in [0.1, 0.15) is 10.4 Å². The zero-order valence-corrected chi connectivity index (χ0v) is 15.0. The van der Waals surface area contributed by atoms with Crippen LogP contribution in [0, 0.1) is 5.82 Å². The molecule has 0 aliphatic rings. The number of hydrogen-bond acceptors (Lipinski definition) is 5. The Hall–Kier alpha value is -3.46. The second-order valence-electron chi connectivity index (χ2n) is 5.45. The number of halogens is 1. The van der Waals surface area contributed by atoms with E-state index in [-0.39, 0.29) is 0 Å². The van der Waals surface area contributed by atoms with Gasteiger partial charge in [-0.25, -0.2) is 14.2 Å². The first kappa shape index (κ1) is 18.3. The van der Waals surface area contributed by atoms with Crippen LogP contribution in [0.2, 0.25) is 0 Å². The number of urea groups is 1. The molecule has 0 aliphatic heterocycles. The first-order valence-electron chi connectivity index (χ1n) is 7.76. The van der Waals surface area contributed by atoms with Crippen LogP contribution in [-0.4, -0.2) is 24.0 Å². The van der Waals surface area contributed by atoms with Crippen LogP contribution in [0.3, 0.4) is 0 Å². The highest BCUT2D eigenvalue weighted by Crippen LogP contribution is 2.30. The highest BCUT2D eigenvalue weighted by Gasteiger charge is 2.15. The summed E-state index contributed by atoms with van der Waals surface area (Å²) in [5, 5.41) is 3.34. The Morgan fingerprint density at radius 2 is 2.00 bits per heavy atom. The number of amides is 3. The molecule has 138 valence electrons. The Balaban J connectivity index is 1.66. The van der Waals surface area contributed by atoms with E-state index in [0.29, 0.717) is 27.2 Å². The molecule has 3 rings (SSSR count). The molecule has 0 fully saturated rings. The summed E-state index contributed by atoms with van der Waals surface area (Å²) in [4.78, 5) is 29.0. The summed E-state index contributed by atoms with van der Waals surface area (Å²) in [5.74, 6) is -0.660. The first-order valence-corrected chi connectivity index (χ1v) is 8.58. The molecule has 0 saturated heterocycles. The van der Waals surface area contributed by atoms with E-state index in [1.807, 2.05) is 0 Å². The minimum absolute atomic E-state index is 0.298. The zero-order valence-electron chi connectivity index (χ0n) is 14.2. The minimum Gasteiger partial charge on any atom is -0.445 e. The predicted octanol–water partition coefficient (Wildman–Crippen LogP) is 3.84. The van der Waals surface area contributed by atoms with Gasteiger partial charge in [0.25, 0.3) is 0 Å². The molecule has 0 spiro atoms. The Labute approximate surface area is 158 Å². The van der Waals surface area contributed by atoms with Gasteiger partial charge in [-0.3, -0.25) is 15.0 Å². The lowest BCUT2D eigenvalue weighted by Gasteiger charge is -2.17. The molecule has 27 heavy (non-hydrogen) atoms. The molecule has 0 aliphatic carbocycles. The number of hydrogen-bond donors (Lipinski definition) is 2. The number of thiazole rings is 1. The minimum atomic E-state index is -0.579. The van der Waals surface area contributed by atoms with E-state index < -0.39 is 17.8 Å². The molecule has 3 N–H and O–H groups in total. The molecule has 7 nitrogen and oxygen atoms in total. The van der Waals surface area contributed by atoms with Gasteiger partial charge in [-0.1, -0.05) is 23.5 Å². The molecule has 9 heteroatoms. The number of aromatic nitrogens is 1. The van der Waals surface area contributed by atoms with Crippen LogP contribution >= 0.6 is 11.3 Å². The maximum atomic E-state index is 13.2. The fourth-order valence-electron chi connectivity index (χ4n) is 2.17. The predicted molar refractivity (Wildman–Crippen MR) is 101 cm³/mol. The van der Waals surface area contributed by atoms with Crippen molar-refractivity contribution in [3.05, 3.63) is 66.1 Å². The lowest BCUT2D eigenvalue weighted by Crippen LogP contribution is -2.31. The van der Waals surface area contributed by atoms with Gasteiger partial charge in [0.05, 0.1) is 6.20 Å². The molecule has 1 aromatic heterocycles. The summed E-state index contributed by atoms with van der Waals surface area (Å²) in [5.41, 5.74) is 6.05. The van der Waals surface area contributed by atoms with Crippen molar-refractivity contribution in [1.82, 2.24) is 4.98 Å². The highest BCUT2D eigenvalue weighted by molar-refractivity contribution is 7.17. The Bertz CT molecular complexity index is 992. The highest BCUT2D eigenvalue weighted by atomic mass is 32.1. The van der Waals surface area contributed by atoms with Gasteiger partial charge in [0.15, 0.2) is 5.13 Å². The Morgan fingerprint density at radius 1 is 1.22 bits per heavy atom. The van der Waals surface area contributed by atoms with Crippen LogP contribution in [0.15, 0.2) is 54.7 Å². The van der Waals surface area contributed by atoms with Crippen LogP contribution in [0.5, 0.6) is 10.8 Å².